The van der Waals surface area contributed by atoms with Crippen molar-refractivity contribution in [1.29, 1.82) is 0 Å². The number of nitrogens with zero attached hydrogens (tertiary/aromatic N) is 1. The SMILES string of the molecule is Oc1cn2sssc-2c(O)[nH]1. The molecule has 0 aromatic heterocycles. The van der Waals surface area contributed by atoms with Gasteiger partial charge in [0.25, 0.3) is 0 Å². The zero-order chi connectivity index (χ0) is 7.84. The predicted octanol–water partition coefficient (Wildman–Crippen LogP) is 1.96. The fourth-order valence-corrected chi connectivity index (χ4v) is 4.67. The van der Waals surface area contributed by atoms with Crippen LogP contribution in [0.25, 0.3) is 5.00 Å². The van der Waals surface area contributed by atoms with Crippen LogP contribution in [0.1, 0.15) is 0 Å². The van der Waals surface area contributed by atoms with E-state index >= 15 is 0 Å². The number of hydrogen-bond donors (Lipinski definition) is 3. The van der Waals surface area contributed by atoms with Gasteiger partial charge in [-0.15, -0.1) is 0 Å². The van der Waals surface area contributed by atoms with E-state index in [-0.39, 0.29) is 11.8 Å². The Kier molecular flexibility index (Phi) is 1.55. The minimum absolute atomic E-state index is 0.00694. The molecule has 2 aliphatic heterocycles. The summed E-state index contributed by atoms with van der Waals surface area (Å²) in [6.07, 6.45) is 1.52. The van der Waals surface area contributed by atoms with Gasteiger partial charge in [0, 0.05) is 10.5 Å². The second-order valence-electron chi connectivity index (χ2n) is 1.84. The van der Waals surface area contributed by atoms with Crippen molar-refractivity contribution in [3.63, 3.8) is 0 Å². The van der Waals surface area contributed by atoms with Crippen LogP contribution in [0.2, 0.25) is 0 Å². The van der Waals surface area contributed by atoms with E-state index in [1.807, 2.05) is 0 Å². The van der Waals surface area contributed by atoms with Crippen molar-refractivity contribution in [3.05, 3.63) is 6.20 Å². The summed E-state index contributed by atoms with van der Waals surface area (Å²) in [4.78, 5) is 2.41. The van der Waals surface area contributed by atoms with Crippen LogP contribution in [0.4, 0.5) is 0 Å². The molecule has 2 rings (SSSR count). The standard InChI is InChI=1S/C4H4N2O2S3/c7-2-1-6-4(3(8)5-2)9-11-10-6/h1,5,7-8H. The molecule has 0 spiro atoms. The van der Waals surface area contributed by atoms with E-state index in [0.717, 1.165) is 5.00 Å². The number of H-pyrrole nitrogens is 1. The molecule has 0 aromatic carbocycles. The predicted molar refractivity (Wildman–Crippen MR) is 45.9 cm³/mol. The lowest BCUT2D eigenvalue weighted by Gasteiger charge is -2.02. The van der Waals surface area contributed by atoms with Crippen LogP contribution in [0, 0.1) is 0 Å². The van der Waals surface area contributed by atoms with Gasteiger partial charge >= 0.3 is 0 Å². The molecule has 0 saturated carbocycles. The van der Waals surface area contributed by atoms with Crippen LogP contribution >= 0.6 is 30.2 Å². The average molecular weight is 208 g/mol. The molecule has 0 saturated heterocycles. The Labute approximate surface area is 72.5 Å². The number of rotatable bonds is 0. The summed E-state index contributed by atoms with van der Waals surface area (Å²) in [5.41, 5.74) is 0. The third-order valence-electron chi connectivity index (χ3n) is 1.11. The highest BCUT2D eigenvalue weighted by atomic mass is 33.2. The Hall–Kier alpha value is -0.660. The van der Waals surface area contributed by atoms with Crippen LogP contribution in [0.15, 0.2) is 6.20 Å². The van der Waals surface area contributed by atoms with Gasteiger partial charge in [-0.3, -0.25) is 4.98 Å². The molecule has 11 heavy (non-hydrogen) atoms. The van der Waals surface area contributed by atoms with Crippen molar-refractivity contribution in [2.24, 2.45) is 0 Å². The lowest BCUT2D eigenvalue weighted by atomic mass is 10.6. The molecule has 3 N–H and O–H groups in total. The summed E-state index contributed by atoms with van der Waals surface area (Å²) in [7, 11) is 4.44. The Morgan fingerprint density at radius 2 is 2.27 bits per heavy atom. The molecule has 0 radical (unpaired) electrons. The van der Waals surface area contributed by atoms with E-state index in [0.29, 0.717) is 0 Å². The molecule has 2 heterocycles. The maximum absolute atomic E-state index is 9.23. The largest absolute Gasteiger partial charge is 0.493 e. The van der Waals surface area contributed by atoms with Crippen molar-refractivity contribution in [2.45, 2.75) is 0 Å². The van der Waals surface area contributed by atoms with Crippen molar-refractivity contribution >= 4 is 30.2 Å². The van der Waals surface area contributed by atoms with Gasteiger partial charge in [-0.25, -0.2) is 3.96 Å². The molecule has 0 unspecified atom stereocenters. The lowest BCUT2D eigenvalue weighted by molar-refractivity contribution is 0.408. The zero-order valence-electron chi connectivity index (χ0n) is 5.14. The highest BCUT2D eigenvalue weighted by Crippen LogP contribution is 2.34. The van der Waals surface area contributed by atoms with E-state index in [4.69, 9.17) is 5.11 Å². The minimum atomic E-state index is -0.0400. The minimum Gasteiger partial charge on any atom is -0.493 e. The summed E-state index contributed by atoms with van der Waals surface area (Å²) >= 11 is 0. The first kappa shape index (κ1) is 7.01. The summed E-state index contributed by atoms with van der Waals surface area (Å²) in [5, 5.41) is 19.0. The first-order chi connectivity index (χ1) is 5.27. The summed E-state index contributed by atoms with van der Waals surface area (Å²) in [6, 6.07) is 0. The molecule has 60 valence electrons. The van der Waals surface area contributed by atoms with Crippen molar-refractivity contribution in [2.75, 3.05) is 0 Å². The number of aromatic hydroxyl groups is 2. The van der Waals surface area contributed by atoms with E-state index in [9.17, 15) is 5.11 Å². The van der Waals surface area contributed by atoms with E-state index in [1.165, 1.54) is 36.4 Å². The van der Waals surface area contributed by atoms with Crippen LogP contribution in [-0.2, 0) is 0 Å². The Bertz CT molecular complexity index is 363. The second-order valence-corrected chi connectivity index (χ2v) is 5.66. The van der Waals surface area contributed by atoms with Gasteiger partial charge in [-0.1, -0.05) is 0 Å². The number of fused-ring (bicyclic) bond motifs is 1. The van der Waals surface area contributed by atoms with Gasteiger partial charge in [0.2, 0.25) is 11.8 Å². The Balaban J connectivity index is 2.79. The van der Waals surface area contributed by atoms with E-state index in [2.05, 4.69) is 4.98 Å². The van der Waals surface area contributed by atoms with Crippen LogP contribution in [-0.4, -0.2) is 19.2 Å². The van der Waals surface area contributed by atoms with Crippen LogP contribution < -0.4 is 0 Å². The van der Waals surface area contributed by atoms with Crippen LogP contribution in [0.3, 0.4) is 0 Å². The molecule has 0 aromatic rings. The van der Waals surface area contributed by atoms with Crippen molar-refractivity contribution in [3.8, 4) is 16.8 Å². The average Bonchev–Trinajstić information content (AvgIpc) is 2.34. The quantitative estimate of drug-likeness (QED) is 0.580. The monoisotopic (exact) mass is 208 g/mol. The molecule has 7 heteroatoms. The summed E-state index contributed by atoms with van der Waals surface area (Å²) in [6.45, 7) is 0. The molecular formula is C4H4N2O2S3. The lowest BCUT2D eigenvalue weighted by Crippen LogP contribution is -1.89. The normalized spacial score (nSPS) is 10.5. The first-order valence-electron chi connectivity index (χ1n) is 2.69. The van der Waals surface area contributed by atoms with E-state index < -0.39 is 0 Å². The fraction of sp³-hybridized carbons (Fsp3) is 0. The maximum Gasteiger partial charge on any atom is 0.228 e. The number of aromatic amines is 1. The molecule has 4 nitrogen and oxygen atoms in total. The van der Waals surface area contributed by atoms with Gasteiger partial charge in [0.1, 0.15) is 0 Å². The Morgan fingerprint density at radius 1 is 1.45 bits per heavy atom. The molecule has 0 bridgehead atoms. The molecular weight excluding hydrogens is 204 g/mol. The van der Waals surface area contributed by atoms with Crippen molar-refractivity contribution < 1.29 is 10.2 Å². The number of nitrogens with one attached hydrogen (secondary N) is 1. The number of hydrogen-bond acceptors (Lipinski definition) is 5. The first-order valence-corrected chi connectivity index (χ1v) is 6.13. The molecule has 0 fully saturated rings. The second kappa shape index (κ2) is 2.43. The number of aromatic nitrogens is 2. The smallest absolute Gasteiger partial charge is 0.228 e. The highest BCUT2D eigenvalue weighted by molar-refractivity contribution is 7.94. The van der Waals surface area contributed by atoms with Gasteiger partial charge < -0.3 is 10.2 Å². The molecule has 0 atom stereocenters. The summed E-state index contributed by atoms with van der Waals surface area (Å²) < 4.78 is 1.70. The van der Waals surface area contributed by atoms with Gasteiger partial charge in [-0.2, -0.15) is 0 Å². The van der Waals surface area contributed by atoms with E-state index in [1.54, 1.807) is 3.96 Å². The maximum atomic E-state index is 9.23. The van der Waals surface area contributed by atoms with Gasteiger partial charge in [0.15, 0.2) is 5.00 Å². The van der Waals surface area contributed by atoms with Crippen LogP contribution in [0.5, 0.6) is 11.8 Å². The topological polar surface area (TPSA) is 61.2 Å². The third kappa shape index (κ3) is 1.10. The zero-order valence-corrected chi connectivity index (χ0v) is 7.59. The summed E-state index contributed by atoms with van der Waals surface area (Å²) in [5.74, 6) is -0.0330. The van der Waals surface area contributed by atoms with Crippen molar-refractivity contribution in [1.82, 2.24) is 8.94 Å². The molecule has 0 aliphatic carbocycles. The van der Waals surface area contributed by atoms with Gasteiger partial charge in [0.05, 0.1) is 6.20 Å². The third-order valence-corrected chi connectivity index (χ3v) is 4.86. The highest BCUT2D eigenvalue weighted by Gasteiger charge is 2.09. The Morgan fingerprint density at radius 3 is 3.09 bits per heavy atom. The molecule has 2 aliphatic rings. The van der Waals surface area contributed by atoms with Gasteiger partial charge in [-0.05, 0) is 19.7 Å². The fourth-order valence-electron chi connectivity index (χ4n) is 0.693. The molecule has 0 amide bonds.